The van der Waals surface area contributed by atoms with Crippen LogP contribution in [0.25, 0.3) is 0 Å². The van der Waals surface area contributed by atoms with Gasteiger partial charge in [0.15, 0.2) is 0 Å². The van der Waals surface area contributed by atoms with Crippen molar-refractivity contribution in [3.63, 3.8) is 0 Å². The normalized spacial score (nSPS) is 15.0. The molecule has 0 rings (SSSR count). The maximum absolute atomic E-state index is 9.14. The van der Waals surface area contributed by atoms with Gasteiger partial charge >= 0.3 is 0 Å². The molecule has 0 aromatic carbocycles. The van der Waals surface area contributed by atoms with E-state index in [1.807, 2.05) is 6.92 Å². The van der Waals surface area contributed by atoms with Crippen LogP contribution in [-0.2, 0) is 0 Å². The lowest BCUT2D eigenvalue weighted by molar-refractivity contribution is -0.893. The van der Waals surface area contributed by atoms with Crippen molar-refractivity contribution in [2.24, 2.45) is 5.73 Å². The summed E-state index contributed by atoms with van der Waals surface area (Å²) in [6, 6.07) is 0. The van der Waals surface area contributed by atoms with Crippen LogP contribution in [0.1, 0.15) is 13.3 Å². The van der Waals surface area contributed by atoms with Gasteiger partial charge in [-0.15, -0.1) is 0 Å². The zero-order valence-electron chi connectivity index (χ0n) is 7.88. The molecule has 1 atom stereocenters. The minimum absolute atomic E-state index is 0.220. The van der Waals surface area contributed by atoms with Crippen molar-refractivity contribution < 1.29 is 9.59 Å². The first-order chi connectivity index (χ1) is 4.98. The molecule has 0 fully saturated rings. The van der Waals surface area contributed by atoms with Crippen molar-refractivity contribution in [2.75, 3.05) is 33.7 Å². The molecule has 0 aliphatic carbocycles. The number of nitrogens with two attached hydrogens (primary N) is 1. The fraction of sp³-hybridized carbons (Fsp3) is 1.00. The van der Waals surface area contributed by atoms with Crippen LogP contribution in [0.3, 0.4) is 0 Å². The second-order valence-corrected chi connectivity index (χ2v) is 3.83. The molecule has 0 spiro atoms. The average Bonchev–Trinajstić information content (AvgIpc) is 1.81. The summed E-state index contributed by atoms with van der Waals surface area (Å²) in [5.74, 6) is 0. The van der Waals surface area contributed by atoms with Gasteiger partial charge in [0.2, 0.25) is 0 Å². The molecule has 0 aromatic heterocycles. The fourth-order valence-corrected chi connectivity index (χ4v) is 1.33. The molecule has 0 saturated carbocycles. The number of likely N-dealkylation sites (N-methyl/N-ethyl adjacent to an activating group) is 1. The smallest absolute Gasteiger partial charge is 0.104 e. The minimum Gasteiger partial charge on any atom is -0.388 e. The Morgan fingerprint density at radius 2 is 2.00 bits per heavy atom. The van der Waals surface area contributed by atoms with Crippen LogP contribution in [0.2, 0.25) is 0 Å². The molecule has 0 aromatic rings. The molecule has 0 aliphatic rings. The van der Waals surface area contributed by atoms with Gasteiger partial charge in [-0.1, -0.05) is 0 Å². The number of hydrogen-bond acceptors (Lipinski definition) is 2. The summed E-state index contributed by atoms with van der Waals surface area (Å²) in [5.41, 5.74) is 5.39. The van der Waals surface area contributed by atoms with Crippen LogP contribution in [0.5, 0.6) is 0 Å². The Morgan fingerprint density at radius 1 is 1.45 bits per heavy atom. The van der Waals surface area contributed by atoms with Crippen LogP contribution in [0.15, 0.2) is 0 Å². The van der Waals surface area contributed by atoms with Crippen LogP contribution in [0, 0.1) is 0 Å². The lowest BCUT2D eigenvalue weighted by atomic mass is 10.3. The van der Waals surface area contributed by atoms with Crippen molar-refractivity contribution in [3.8, 4) is 0 Å². The quantitative estimate of drug-likeness (QED) is 0.548. The molecule has 3 heteroatoms. The summed E-state index contributed by atoms with van der Waals surface area (Å²) in [7, 11) is 4.23. The number of aliphatic hydroxyl groups is 1. The summed E-state index contributed by atoms with van der Waals surface area (Å²) in [6.45, 7) is 4.41. The van der Waals surface area contributed by atoms with Crippen LogP contribution < -0.4 is 5.73 Å². The summed E-state index contributed by atoms with van der Waals surface area (Å²) in [4.78, 5) is 0. The molecule has 68 valence electrons. The van der Waals surface area contributed by atoms with Gasteiger partial charge in [0.1, 0.15) is 12.6 Å². The number of rotatable bonds is 5. The van der Waals surface area contributed by atoms with Gasteiger partial charge in [-0.3, -0.25) is 0 Å². The van der Waals surface area contributed by atoms with Crippen molar-refractivity contribution >= 4 is 0 Å². The predicted molar refractivity (Wildman–Crippen MR) is 47.2 cm³/mol. The van der Waals surface area contributed by atoms with Crippen LogP contribution in [0.4, 0.5) is 0 Å². The number of nitrogens with zero attached hydrogens (tertiary/aromatic N) is 1. The molecule has 3 nitrogen and oxygen atoms in total. The maximum atomic E-state index is 9.14. The van der Waals surface area contributed by atoms with E-state index < -0.39 is 0 Å². The minimum atomic E-state index is -0.220. The van der Waals surface area contributed by atoms with E-state index in [9.17, 15) is 0 Å². The van der Waals surface area contributed by atoms with Crippen LogP contribution in [-0.4, -0.2) is 49.4 Å². The second-order valence-electron chi connectivity index (χ2n) is 3.83. The molecular formula is C8H21N2O+. The van der Waals surface area contributed by atoms with Gasteiger partial charge in [-0.05, 0) is 13.5 Å². The van der Waals surface area contributed by atoms with Gasteiger partial charge in [0, 0.05) is 6.42 Å². The Kier molecular flexibility index (Phi) is 4.65. The Labute approximate surface area is 69.4 Å². The molecule has 3 N–H and O–H groups in total. The van der Waals surface area contributed by atoms with E-state index in [-0.39, 0.29) is 6.10 Å². The highest BCUT2D eigenvalue weighted by molar-refractivity contribution is 4.44. The molecule has 1 unspecified atom stereocenters. The first kappa shape index (κ1) is 10.9. The topological polar surface area (TPSA) is 46.2 Å². The van der Waals surface area contributed by atoms with E-state index in [1.165, 1.54) is 0 Å². The zero-order chi connectivity index (χ0) is 8.91. The van der Waals surface area contributed by atoms with Gasteiger partial charge < -0.3 is 15.3 Å². The van der Waals surface area contributed by atoms with Crippen LogP contribution >= 0.6 is 0 Å². The Balaban J connectivity index is 3.61. The Bertz CT molecular complexity index is 102. The molecule has 0 heterocycles. The highest BCUT2D eigenvalue weighted by Gasteiger charge is 2.16. The van der Waals surface area contributed by atoms with Crippen molar-refractivity contribution in [1.82, 2.24) is 0 Å². The standard InChI is InChI=1S/C8H21N2O/c1-8(11)7-10(2,3)6-4-5-9/h8,11H,4-7,9H2,1-3H3/q+1. The van der Waals surface area contributed by atoms with Crippen molar-refractivity contribution in [1.29, 1.82) is 0 Å². The first-order valence-corrected chi connectivity index (χ1v) is 4.18. The molecule has 0 amide bonds. The number of hydrogen-bond donors (Lipinski definition) is 2. The third kappa shape index (κ3) is 6.28. The maximum Gasteiger partial charge on any atom is 0.104 e. The monoisotopic (exact) mass is 161 g/mol. The highest BCUT2D eigenvalue weighted by Crippen LogP contribution is 2.00. The third-order valence-electron chi connectivity index (χ3n) is 1.73. The molecular weight excluding hydrogens is 140 g/mol. The Morgan fingerprint density at radius 3 is 2.36 bits per heavy atom. The molecule has 0 aliphatic heterocycles. The molecule has 0 saturated heterocycles. The lowest BCUT2D eigenvalue weighted by Gasteiger charge is -2.30. The van der Waals surface area contributed by atoms with Crippen molar-refractivity contribution in [2.45, 2.75) is 19.4 Å². The summed E-state index contributed by atoms with van der Waals surface area (Å²) >= 11 is 0. The van der Waals surface area contributed by atoms with E-state index in [4.69, 9.17) is 10.8 Å². The van der Waals surface area contributed by atoms with Crippen molar-refractivity contribution in [3.05, 3.63) is 0 Å². The molecule has 11 heavy (non-hydrogen) atoms. The van der Waals surface area contributed by atoms with E-state index >= 15 is 0 Å². The summed E-state index contributed by atoms with van der Waals surface area (Å²) in [6.07, 6.45) is 0.808. The van der Waals surface area contributed by atoms with Gasteiger partial charge in [0.05, 0.1) is 20.6 Å². The Hall–Kier alpha value is -0.120. The van der Waals surface area contributed by atoms with Gasteiger partial charge in [-0.25, -0.2) is 0 Å². The fourth-order valence-electron chi connectivity index (χ4n) is 1.33. The van der Waals surface area contributed by atoms with E-state index in [0.29, 0.717) is 0 Å². The largest absolute Gasteiger partial charge is 0.388 e. The number of quaternary nitrogens is 1. The predicted octanol–water partition coefficient (Wildman–Crippen LogP) is -0.208. The highest BCUT2D eigenvalue weighted by atomic mass is 16.3. The van der Waals surface area contributed by atoms with E-state index in [2.05, 4.69) is 14.1 Å². The number of aliphatic hydroxyl groups excluding tert-OH is 1. The average molecular weight is 161 g/mol. The third-order valence-corrected chi connectivity index (χ3v) is 1.73. The zero-order valence-corrected chi connectivity index (χ0v) is 7.88. The van der Waals surface area contributed by atoms with Gasteiger partial charge in [-0.2, -0.15) is 0 Å². The van der Waals surface area contributed by atoms with Gasteiger partial charge in [0.25, 0.3) is 0 Å². The molecule has 0 bridgehead atoms. The molecule has 0 radical (unpaired) electrons. The first-order valence-electron chi connectivity index (χ1n) is 4.18. The summed E-state index contributed by atoms with van der Waals surface area (Å²) < 4.78 is 0.856. The second kappa shape index (κ2) is 4.70. The SMILES string of the molecule is CC(O)C[N+](C)(C)CCCN. The summed E-state index contributed by atoms with van der Waals surface area (Å²) in [5, 5.41) is 9.14. The van der Waals surface area contributed by atoms with E-state index in [0.717, 1.165) is 30.5 Å². The van der Waals surface area contributed by atoms with E-state index in [1.54, 1.807) is 0 Å². The lowest BCUT2D eigenvalue weighted by Crippen LogP contribution is -2.45.